The molecule has 7 rings (SSSR count). The van der Waals surface area contributed by atoms with E-state index < -0.39 is 82.9 Å². The van der Waals surface area contributed by atoms with Crippen LogP contribution in [0, 0.1) is 0 Å². The van der Waals surface area contributed by atoms with Gasteiger partial charge < -0.3 is 43.8 Å². The minimum atomic E-state index is -4.57. The number of H-pyrrole nitrogens is 1. The normalized spacial score (nSPS) is 37.1. The molecule has 10 atom stereocenters. The summed E-state index contributed by atoms with van der Waals surface area (Å²) in [6, 6.07) is 0. The van der Waals surface area contributed by atoms with Crippen molar-refractivity contribution in [2.45, 2.75) is 49.1 Å². The number of aromatic nitrogens is 8. The highest BCUT2D eigenvalue weighted by Crippen LogP contribution is 2.54. The van der Waals surface area contributed by atoms with Crippen molar-refractivity contribution in [3.8, 4) is 0 Å². The van der Waals surface area contributed by atoms with Gasteiger partial charge in [0.1, 0.15) is 42.4 Å². The summed E-state index contributed by atoms with van der Waals surface area (Å²) in [5.41, 5.74) is 11.1. The zero-order valence-corrected chi connectivity index (χ0v) is 25.3. The van der Waals surface area contributed by atoms with Crippen molar-refractivity contribution in [3.05, 3.63) is 29.3 Å². The smallest absolute Gasteiger partial charge is 0.280 e. The molecule has 8 unspecified atom stereocenters. The van der Waals surface area contributed by atoms with E-state index in [0.29, 0.717) is 0 Å². The van der Waals surface area contributed by atoms with E-state index in [1.165, 1.54) is 28.9 Å². The Kier molecular flexibility index (Phi) is 7.81. The van der Waals surface area contributed by atoms with E-state index in [0.717, 1.165) is 6.33 Å². The second-order valence-corrected chi connectivity index (χ2v) is 13.5. The third-order valence-electron chi connectivity index (χ3n) is 7.59. The molecule has 25 heteroatoms. The summed E-state index contributed by atoms with van der Waals surface area (Å²) < 4.78 is 85.1. The lowest BCUT2D eigenvalue weighted by Crippen LogP contribution is -2.37. The van der Waals surface area contributed by atoms with Crippen LogP contribution in [0.5, 0.6) is 0 Å². The third-order valence-corrected chi connectivity index (χ3v) is 9.68. The van der Waals surface area contributed by atoms with Gasteiger partial charge in [-0.2, -0.15) is 4.98 Å². The number of rotatable bonds is 3. The molecule has 46 heavy (non-hydrogen) atoms. The number of aromatic amines is 1. The van der Waals surface area contributed by atoms with E-state index in [4.69, 9.17) is 58.9 Å². The van der Waals surface area contributed by atoms with Crippen LogP contribution < -0.4 is 17.0 Å². The Hall–Kier alpha value is -3.26. The Balaban J connectivity index is 1.22. The molecule has 3 fully saturated rings. The summed E-state index contributed by atoms with van der Waals surface area (Å²) in [6.07, 6.45) is -7.88. The highest BCUT2D eigenvalue weighted by atomic mass is 31.2. The zero-order valence-electron chi connectivity index (χ0n) is 23.6. The zero-order chi connectivity index (χ0) is 32.5. The average molecular weight is 678 g/mol. The van der Waals surface area contributed by atoms with E-state index in [-0.39, 0.29) is 34.1 Å². The van der Waals surface area contributed by atoms with Gasteiger partial charge in [0.2, 0.25) is 21.1 Å². The molecule has 0 aromatic carbocycles. The van der Waals surface area contributed by atoms with E-state index >= 15 is 4.39 Å². The van der Waals surface area contributed by atoms with Crippen LogP contribution in [0.15, 0.2) is 23.8 Å². The number of ether oxygens (including phenoxy) is 3. The van der Waals surface area contributed by atoms with Gasteiger partial charge in [0, 0.05) is 7.11 Å². The minimum absolute atomic E-state index is 0.0146. The molecule has 3 aliphatic heterocycles. The number of nitrogens with zero attached hydrogens (tertiary/aromatic N) is 7. The Morgan fingerprint density at radius 1 is 0.935 bits per heavy atom. The van der Waals surface area contributed by atoms with Crippen LogP contribution in [0.3, 0.4) is 0 Å². The maximum Gasteiger partial charge on any atom is 0.280 e. The first kappa shape index (κ1) is 31.3. The van der Waals surface area contributed by atoms with E-state index in [9.17, 15) is 13.9 Å². The van der Waals surface area contributed by atoms with Gasteiger partial charge in [-0.05, 0) is 0 Å². The number of nitrogen functional groups attached to an aromatic ring is 2. The quantitative estimate of drug-likeness (QED) is 0.185. The van der Waals surface area contributed by atoms with Crippen molar-refractivity contribution in [2.24, 2.45) is 0 Å². The van der Waals surface area contributed by atoms with E-state index in [2.05, 4.69) is 29.9 Å². The molecule has 5 N–H and O–H groups in total. The first-order chi connectivity index (χ1) is 21.9. The molecule has 20 nitrogen and oxygen atoms in total. The number of alkyl halides is 1. The summed E-state index contributed by atoms with van der Waals surface area (Å²) in [5.74, 6) is -0.177. The molecular formula is C21H23B2FN10O10P2. The molecule has 4 radical (unpaired) electrons. The van der Waals surface area contributed by atoms with E-state index in [1.54, 1.807) is 0 Å². The molecule has 240 valence electrons. The van der Waals surface area contributed by atoms with Crippen LogP contribution >= 0.6 is 14.9 Å². The van der Waals surface area contributed by atoms with Crippen molar-refractivity contribution in [2.75, 3.05) is 31.8 Å². The molecule has 3 saturated heterocycles. The van der Waals surface area contributed by atoms with Gasteiger partial charge in [-0.25, -0.2) is 24.3 Å². The lowest BCUT2D eigenvalue weighted by atomic mass is 10.1. The summed E-state index contributed by atoms with van der Waals surface area (Å²) in [7, 11) is 4.07. The summed E-state index contributed by atoms with van der Waals surface area (Å²) in [5, 5.41) is 0. The van der Waals surface area contributed by atoms with Crippen molar-refractivity contribution < 1.29 is 45.8 Å². The molecule has 0 amide bonds. The van der Waals surface area contributed by atoms with Gasteiger partial charge in [-0.1, -0.05) is 0 Å². The number of anilines is 2. The summed E-state index contributed by atoms with van der Waals surface area (Å²) in [4.78, 5) is 34.9. The highest BCUT2D eigenvalue weighted by Gasteiger charge is 2.53. The molecule has 7 heterocycles. The molecule has 4 aromatic heterocycles. The summed E-state index contributed by atoms with van der Waals surface area (Å²) in [6.45, 7) is -1.25. The molecule has 3 aliphatic rings. The maximum absolute atomic E-state index is 16.0. The Bertz CT molecular complexity index is 1970. The number of halogens is 1. The minimum Gasteiger partial charge on any atom is -0.382 e. The SMILES string of the molecule is [B][P@@]1(=O)OCC2OC(n3cnc4c(=O)[nH]c(N)nc43)C(O[P@]([B])(=O)OCC3OC(n4cnc5c(N)ncnc54)C(F)C3O1)C2OC. The first-order valence-electron chi connectivity index (χ1n) is 13.4. The fourth-order valence-corrected chi connectivity index (χ4v) is 7.57. The van der Waals surface area contributed by atoms with Gasteiger partial charge in [0.05, 0.1) is 25.9 Å². The maximum atomic E-state index is 16.0. The molecule has 0 spiro atoms. The highest BCUT2D eigenvalue weighted by molar-refractivity contribution is 7.79. The van der Waals surface area contributed by atoms with Crippen LogP contribution in [-0.2, 0) is 41.4 Å². The average Bonchev–Trinajstić information content (AvgIpc) is 3.75. The molecule has 0 saturated carbocycles. The number of nitrogens with two attached hydrogens (primary N) is 2. The predicted molar refractivity (Wildman–Crippen MR) is 154 cm³/mol. The molecule has 4 aromatic rings. The largest absolute Gasteiger partial charge is 0.382 e. The monoisotopic (exact) mass is 678 g/mol. The topological polar surface area (TPSA) is 258 Å². The number of hydrogen-bond acceptors (Lipinski definition) is 17. The molecule has 2 bridgehead atoms. The van der Waals surface area contributed by atoms with Gasteiger partial charge >= 0.3 is 0 Å². The standard InChI is InChI=1S/C21H23B2FN10O10P2/c1-38-13-8-3-40-45(22,36)43-12-7(41-19(9(12)24)33-5-29-10-15(25)27-4-28-16(10)33)2-39-46(23,37)44-14(13)20(42-8)34-6-30-11-17(34)31-21(26)32-18(11)35/h4-9,12-14,19-20H,2-3H2,1H3,(H2,25,27,28)(H3,26,31,32,35)/t7?,8?,9?,12?,13?,14?,19?,20?,45-,46-/m1/s1. The third kappa shape index (κ3) is 5.44. The number of fused-ring (bicyclic) bond motifs is 5. The number of imidazole rings is 2. The Labute approximate surface area is 259 Å². The Morgan fingerprint density at radius 3 is 2.28 bits per heavy atom. The predicted octanol–water partition coefficient (Wildman–Crippen LogP) is -0.358. The Morgan fingerprint density at radius 2 is 1.57 bits per heavy atom. The number of hydrogen-bond donors (Lipinski definition) is 3. The fourth-order valence-electron chi connectivity index (χ4n) is 5.58. The van der Waals surface area contributed by atoms with Gasteiger partial charge in [-0.3, -0.25) is 28.0 Å². The van der Waals surface area contributed by atoms with Crippen molar-refractivity contribution in [3.63, 3.8) is 0 Å². The number of nitrogens with one attached hydrogen (secondary N) is 1. The van der Waals surface area contributed by atoms with Gasteiger partial charge in [0.15, 0.2) is 41.3 Å². The van der Waals surface area contributed by atoms with Crippen LogP contribution in [0.2, 0.25) is 0 Å². The van der Waals surface area contributed by atoms with Crippen molar-refractivity contribution in [1.82, 2.24) is 39.0 Å². The number of methoxy groups -OCH3 is 1. The van der Waals surface area contributed by atoms with Crippen LogP contribution in [0.4, 0.5) is 16.2 Å². The molecule has 0 aliphatic carbocycles. The van der Waals surface area contributed by atoms with Crippen molar-refractivity contribution in [1.29, 1.82) is 0 Å². The van der Waals surface area contributed by atoms with Crippen LogP contribution in [-0.4, -0.2) is 111 Å². The summed E-state index contributed by atoms with van der Waals surface area (Å²) >= 11 is 0. The lowest BCUT2D eigenvalue weighted by molar-refractivity contribution is -0.0578. The second-order valence-electron chi connectivity index (χ2n) is 10.4. The fraction of sp³-hybridized carbons (Fsp3) is 0.524. The van der Waals surface area contributed by atoms with Crippen LogP contribution in [0.25, 0.3) is 22.3 Å². The van der Waals surface area contributed by atoms with Gasteiger partial charge in [0.25, 0.3) is 20.5 Å². The lowest BCUT2D eigenvalue weighted by Gasteiger charge is -2.28. The first-order valence-corrected chi connectivity index (χ1v) is 16.6. The van der Waals surface area contributed by atoms with Gasteiger partial charge in [-0.15, -0.1) is 0 Å². The molecular weight excluding hydrogens is 655 g/mol. The van der Waals surface area contributed by atoms with Crippen molar-refractivity contribution >= 4 is 64.2 Å². The second kappa shape index (κ2) is 11.5. The van der Waals surface area contributed by atoms with E-state index in [1.807, 2.05) is 0 Å². The van der Waals surface area contributed by atoms with Crippen LogP contribution in [0.1, 0.15) is 12.5 Å².